The number of nitrogens with zero attached hydrogens (tertiary/aromatic N) is 5. The summed E-state index contributed by atoms with van der Waals surface area (Å²) in [5.41, 5.74) is 2.31. The fraction of sp³-hybridized carbons (Fsp3) is 0.615. The number of hydrogen-bond donors (Lipinski definition) is 1. The molecule has 2 aromatic rings. The number of nitrogens with one attached hydrogen (secondary N) is 1. The van der Waals surface area contributed by atoms with E-state index in [9.17, 15) is 0 Å². The van der Waals surface area contributed by atoms with Gasteiger partial charge in [0.15, 0.2) is 5.82 Å². The molecule has 0 aliphatic carbocycles. The minimum atomic E-state index is 0.719. The summed E-state index contributed by atoms with van der Waals surface area (Å²) in [5.74, 6) is 0.833. The highest BCUT2D eigenvalue weighted by molar-refractivity contribution is 5.10. The van der Waals surface area contributed by atoms with Crippen LogP contribution in [0, 0.1) is 0 Å². The summed E-state index contributed by atoms with van der Waals surface area (Å²) in [5, 5.41) is 12.2. The predicted octanol–water partition coefficient (Wildman–Crippen LogP) is 1.21. The van der Waals surface area contributed by atoms with Crippen LogP contribution in [0.5, 0.6) is 0 Å². The van der Waals surface area contributed by atoms with E-state index in [-0.39, 0.29) is 0 Å². The summed E-state index contributed by atoms with van der Waals surface area (Å²) in [6.45, 7) is 9.55. The Bertz CT molecular complexity index is 513. The SMILES string of the molecule is CCNCc1ncn(Cc2cc(CC)nn2CC)n1. The fourth-order valence-corrected chi connectivity index (χ4v) is 1.98. The average molecular weight is 262 g/mol. The van der Waals surface area contributed by atoms with Gasteiger partial charge in [-0.3, -0.25) is 4.68 Å². The molecule has 0 aliphatic rings. The van der Waals surface area contributed by atoms with E-state index >= 15 is 0 Å². The molecule has 1 N–H and O–H groups in total. The smallest absolute Gasteiger partial charge is 0.164 e. The maximum Gasteiger partial charge on any atom is 0.164 e. The Hall–Kier alpha value is -1.69. The Kier molecular flexibility index (Phi) is 4.68. The van der Waals surface area contributed by atoms with E-state index in [2.05, 4.69) is 47.3 Å². The molecule has 2 heterocycles. The van der Waals surface area contributed by atoms with Crippen LogP contribution in [0.25, 0.3) is 0 Å². The lowest BCUT2D eigenvalue weighted by atomic mass is 10.3. The van der Waals surface area contributed by atoms with E-state index in [0.29, 0.717) is 0 Å². The van der Waals surface area contributed by atoms with Gasteiger partial charge in [0.05, 0.1) is 24.5 Å². The Morgan fingerprint density at radius 1 is 1.21 bits per heavy atom. The van der Waals surface area contributed by atoms with Crippen LogP contribution in [0.1, 0.15) is 38.0 Å². The van der Waals surface area contributed by atoms with Crippen molar-refractivity contribution in [3.8, 4) is 0 Å². The maximum atomic E-state index is 4.54. The lowest BCUT2D eigenvalue weighted by molar-refractivity contribution is 0.567. The standard InChI is InChI=1S/C13H22N6/c1-4-11-7-12(19(6-3)16-11)9-18-10-15-13(17-18)8-14-5-2/h7,10,14H,4-6,8-9H2,1-3H3. The van der Waals surface area contributed by atoms with Gasteiger partial charge in [-0.2, -0.15) is 10.2 Å². The highest BCUT2D eigenvalue weighted by Gasteiger charge is 2.07. The zero-order chi connectivity index (χ0) is 13.7. The van der Waals surface area contributed by atoms with Gasteiger partial charge >= 0.3 is 0 Å². The zero-order valence-electron chi connectivity index (χ0n) is 11.9. The van der Waals surface area contributed by atoms with E-state index < -0.39 is 0 Å². The second kappa shape index (κ2) is 6.47. The van der Waals surface area contributed by atoms with Gasteiger partial charge in [0, 0.05) is 6.54 Å². The molecule has 0 spiro atoms. The Morgan fingerprint density at radius 3 is 2.74 bits per heavy atom. The molecular weight excluding hydrogens is 240 g/mol. The average Bonchev–Trinajstić information content (AvgIpc) is 3.03. The molecule has 0 saturated heterocycles. The first-order chi connectivity index (χ1) is 9.26. The van der Waals surface area contributed by atoms with Crippen molar-refractivity contribution in [3.63, 3.8) is 0 Å². The molecule has 0 saturated carbocycles. The first kappa shape index (κ1) is 13.7. The van der Waals surface area contributed by atoms with Gasteiger partial charge in [-0.15, -0.1) is 0 Å². The van der Waals surface area contributed by atoms with Crippen molar-refractivity contribution < 1.29 is 0 Å². The lowest BCUT2D eigenvalue weighted by Crippen LogP contribution is -2.13. The van der Waals surface area contributed by atoms with Gasteiger partial charge in [0.2, 0.25) is 0 Å². The van der Waals surface area contributed by atoms with Gasteiger partial charge in [0.25, 0.3) is 0 Å². The van der Waals surface area contributed by atoms with Crippen molar-refractivity contribution in [2.75, 3.05) is 6.54 Å². The highest BCUT2D eigenvalue weighted by atomic mass is 15.4. The predicted molar refractivity (Wildman–Crippen MR) is 73.8 cm³/mol. The van der Waals surface area contributed by atoms with E-state index in [1.54, 1.807) is 6.33 Å². The molecule has 6 nitrogen and oxygen atoms in total. The normalized spacial score (nSPS) is 11.1. The summed E-state index contributed by atoms with van der Waals surface area (Å²) in [6, 6.07) is 2.15. The minimum Gasteiger partial charge on any atom is -0.310 e. The fourth-order valence-electron chi connectivity index (χ4n) is 1.98. The van der Waals surface area contributed by atoms with Crippen molar-refractivity contribution in [1.29, 1.82) is 0 Å². The third-order valence-electron chi connectivity index (χ3n) is 3.02. The largest absolute Gasteiger partial charge is 0.310 e. The summed E-state index contributed by atoms with van der Waals surface area (Å²) >= 11 is 0. The van der Waals surface area contributed by atoms with E-state index in [1.165, 1.54) is 5.69 Å². The highest BCUT2D eigenvalue weighted by Crippen LogP contribution is 2.07. The van der Waals surface area contributed by atoms with Gasteiger partial charge in [-0.05, 0) is 26.0 Å². The van der Waals surface area contributed by atoms with Crippen molar-refractivity contribution >= 4 is 0 Å². The molecule has 6 heteroatoms. The van der Waals surface area contributed by atoms with Gasteiger partial charge in [0.1, 0.15) is 6.33 Å². The van der Waals surface area contributed by atoms with Crippen LogP contribution in [-0.4, -0.2) is 31.1 Å². The summed E-state index contributed by atoms with van der Waals surface area (Å²) in [4.78, 5) is 4.29. The molecule has 0 fully saturated rings. The molecule has 2 rings (SSSR count). The maximum absolute atomic E-state index is 4.54. The molecule has 19 heavy (non-hydrogen) atoms. The van der Waals surface area contributed by atoms with Crippen molar-refractivity contribution in [2.24, 2.45) is 0 Å². The third-order valence-corrected chi connectivity index (χ3v) is 3.02. The molecule has 0 radical (unpaired) electrons. The topological polar surface area (TPSA) is 60.6 Å². The second-order valence-electron chi connectivity index (χ2n) is 4.44. The molecule has 0 aromatic carbocycles. The van der Waals surface area contributed by atoms with Gasteiger partial charge < -0.3 is 5.32 Å². The number of hydrogen-bond acceptors (Lipinski definition) is 4. The van der Waals surface area contributed by atoms with E-state index in [1.807, 2.05) is 9.36 Å². The van der Waals surface area contributed by atoms with Crippen LogP contribution in [0.2, 0.25) is 0 Å². The molecule has 0 bridgehead atoms. The molecule has 0 atom stereocenters. The monoisotopic (exact) mass is 262 g/mol. The van der Waals surface area contributed by atoms with Crippen LogP contribution >= 0.6 is 0 Å². The summed E-state index contributed by atoms with van der Waals surface area (Å²) in [6.07, 6.45) is 2.74. The zero-order valence-corrected chi connectivity index (χ0v) is 11.9. The van der Waals surface area contributed by atoms with Crippen LogP contribution < -0.4 is 5.32 Å². The molecule has 0 amide bonds. The van der Waals surface area contributed by atoms with Crippen molar-refractivity contribution in [2.45, 2.75) is 46.8 Å². The molecule has 104 valence electrons. The summed E-state index contributed by atoms with van der Waals surface area (Å²) in [7, 11) is 0. The van der Waals surface area contributed by atoms with Crippen LogP contribution in [0.4, 0.5) is 0 Å². The Labute approximate surface area is 113 Å². The van der Waals surface area contributed by atoms with Crippen LogP contribution in [-0.2, 0) is 26.1 Å². The van der Waals surface area contributed by atoms with Gasteiger partial charge in [-0.25, -0.2) is 9.67 Å². The minimum absolute atomic E-state index is 0.719. The van der Waals surface area contributed by atoms with Crippen LogP contribution in [0.3, 0.4) is 0 Å². The number of rotatable bonds is 7. The third kappa shape index (κ3) is 3.41. The van der Waals surface area contributed by atoms with E-state index in [0.717, 1.165) is 44.1 Å². The molecule has 0 unspecified atom stereocenters. The van der Waals surface area contributed by atoms with E-state index in [4.69, 9.17) is 0 Å². The number of aryl methyl sites for hydroxylation is 2. The van der Waals surface area contributed by atoms with Crippen molar-refractivity contribution in [1.82, 2.24) is 29.9 Å². The second-order valence-corrected chi connectivity index (χ2v) is 4.44. The first-order valence-corrected chi connectivity index (χ1v) is 6.91. The molecule has 2 aromatic heterocycles. The summed E-state index contributed by atoms with van der Waals surface area (Å²) < 4.78 is 3.90. The quantitative estimate of drug-likeness (QED) is 0.815. The van der Waals surface area contributed by atoms with Crippen LogP contribution in [0.15, 0.2) is 12.4 Å². The van der Waals surface area contributed by atoms with Crippen molar-refractivity contribution in [3.05, 3.63) is 29.6 Å². The lowest BCUT2D eigenvalue weighted by Gasteiger charge is -2.03. The Morgan fingerprint density at radius 2 is 2.05 bits per heavy atom. The molecular formula is C13H22N6. The number of aromatic nitrogens is 5. The first-order valence-electron chi connectivity index (χ1n) is 6.91. The Balaban J connectivity index is 2.07. The molecule has 0 aliphatic heterocycles. The van der Waals surface area contributed by atoms with Gasteiger partial charge in [-0.1, -0.05) is 13.8 Å².